The van der Waals surface area contributed by atoms with Crippen molar-refractivity contribution in [3.63, 3.8) is 0 Å². The van der Waals surface area contributed by atoms with Gasteiger partial charge in [0, 0.05) is 10.0 Å². The van der Waals surface area contributed by atoms with Gasteiger partial charge in [0.1, 0.15) is 5.75 Å². The van der Waals surface area contributed by atoms with Crippen molar-refractivity contribution in [1.29, 1.82) is 0 Å². The molecule has 0 aromatic heterocycles. The highest BCUT2D eigenvalue weighted by atomic mass is 79.9. The lowest BCUT2D eigenvalue weighted by Crippen LogP contribution is -2.04. The van der Waals surface area contributed by atoms with Crippen molar-refractivity contribution in [1.82, 2.24) is 0 Å². The summed E-state index contributed by atoms with van der Waals surface area (Å²) in [5, 5.41) is 0. The lowest BCUT2D eigenvalue weighted by atomic mass is 10.1. The van der Waals surface area contributed by atoms with Crippen molar-refractivity contribution in [2.24, 2.45) is 0 Å². The maximum Gasteiger partial charge on any atom is 0.387 e. The van der Waals surface area contributed by atoms with Crippen LogP contribution in [0.1, 0.15) is 17.3 Å². The van der Waals surface area contributed by atoms with Gasteiger partial charge in [0.2, 0.25) is 0 Å². The zero-order chi connectivity index (χ0) is 11.6. The van der Waals surface area contributed by atoms with Gasteiger partial charge in [0.15, 0.2) is 5.78 Å². The van der Waals surface area contributed by atoms with E-state index in [1.807, 2.05) is 0 Å². The highest BCUT2D eigenvalue weighted by Gasteiger charge is 2.14. The molecule has 0 heterocycles. The molecule has 0 spiro atoms. The van der Waals surface area contributed by atoms with Crippen LogP contribution in [-0.2, 0) is 0 Å². The van der Waals surface area contributed by atoms with Crippen molar-refractivity contribution < 1.29 is 18.3 Å². The van der Waals surface area contributed by atoms with E-state index in [1.165, 1.54) is 19.1 Å². The predicted octanol–water partition coefficient (Wildman–Crippen LogP) is 4.02. The highest BCUT2D eigenvalue weighted by Crippen LogP contribution is 2.35. The summed E-state index contributed by atoms with van der Waals surface area (Å²) >= 11 is 6.21. The standard InChI is InChI=1S/C9H6Br2F2O2/c1-4(14)5-2-6(10)8(11)7(3-5)15-9(12)13/h2-3,9H,1H3. The topological polar surface area (TPSA) is 26.3 Å². The first-order valence-corrected chi connectivity index (χ1v) is 5.45. The van der Waals surface area contributed by atoms with E-state index in [0.29, 0.717) is 14.5 Å². The third-order valence-corrected chi connectivity index (χ3v) is 3.59. The SMILES string of the molecule is CC(=O)c1cc(Br)c(Br)c(OC(F)F)c1. The average Bonchev–Trinajstić information content (AvgIpc) is 2.11. The number of carbonyl (C=O) groups excluding carboxylic acids is 1. The summed E-state index contributed by atoms with van der Waals surface area (Å²) < 4.78 is 29.1. The average molecular weight is 344 g/mol. The molecule has 0 unspecified atom stereocenters. The minimum atomic E-state index is -2.92. The van der Waals surface area contributed by atoms with E-state index in [-0.39, 0.29) is 11.5 Å². The Morgan fingerprint density at radius 2 is 2.00 bits per heavy atom. The molecular weight excluding hydrogens is 338 g/mol. The first-order chi connectivity index (χ1) is 6.91. The molecule has 0 atom stereocenters. The molecule has 1 rings (SSSR count). The van der Waals surface area contributed by atoms with Gasteiger partial charge in [-0.3, -0.25) is 4.79 Å². The number of ether oxygens (including phenoxy) is 1. The summed E-state index contributed by atoms with van der Waals surface area (Å²) in [5.74, 6) is -0.285. The normalized spacial score (nSPS) is 10.5. The van der Waals surface area contributed by atoms with Crippen molar-refractivity contribution >= 4 is 37.6 Å². The van der Waals surface area contributed by atoms with E-state index in [4.69, 9.17) is 0 Å². The van der Waals surface area contributed by atoms with Crippen LogP contribution in [0.5, 0.6) is 5.75 Å². The minimum absolute atomic E-state index is 0.0652. The zero-order valence-electron chi connectivity index (χ0n) is 7.56. The smallest absolute Gasteiger partial charge is 0.387 e. The van der Waals surface area contributed by atoms with E-state index in [2.05, 4.69) is 36.6 Å². The third-order valence-electron chi connectivity index (χ3n) is 1.62. The Morgan fingerprint density at radius 3 is 2.47 bits per heavy atom. The Kier molecular flexibility index (Phi) is 4.21. The molecule has 0 amide bonds. The molecule has 0 radical (unpaired) electrons. The van der Waals surface area contributed by atoms with Crippen molar-refractivity contribution in [3.05, 3.63) is 26.6 Å². The number of ketones is 1. The quantitative estimate of drug-likeness (QED) is 0.775. The molecule has 0 saturated heterocycles. The molecule has 6 heteroatoms. The molecule has 0 saturated carbocycles. The molecule has 0 N–H and O–H groups in total. The van der Waals surface area contributed by atoms with Crippen LogP contribution in [0.4, 0.5) is 8.78 Å². The van der Waals surface area contributed by atoms with Crippen LogP contribution in [-0.4, -0.2) is 12.4 Å². The second-order valence-electron chi connectivity index (χ2n) is 2.70. The molecule has 15 heavy (non-hydrogen) atoms. The summed E-state index contributed by atoms with van der Waals surface area (Å²) in [7, 11) is 0. The third kappa shape index (κ3) is 3.24. The van der Waals surface area contributed by atoms with Gasteiger partial charge in [-0.1, -0.05) is 0 Å². The van der Waals surface area contributed by atoms with Gasteiger partial charge in [0.25, 0.3) is 0 Å². The Bertz CT molecular complexity index is 394. The fourth-order valence-corrected chi connectivity index (χ4v) is 1.71. The summed E-state index contributed by atoms with van der Waals surface area (Å²) in [5.41, 5.74) is 0.306. The number of hydrogen-bond acceptors (Lipinski definition) is 2. The lowest BCUT2D eigenvalue weighted by Gasteiger charge is -2.09. The first kappa shape index (κ1) is 12.6. The Morgan fingerprint density at radius 1 is 1.40 bits per heavy atom. The molecule has 82 valence electrons. The molecule has 0 bridgehead atoms. The van der Waals surface area contributed by atoms with Crippen LogP contribution in [0, 0.1) is 0 Å². The van der Waals surface area contributed by atoms with E-state index in [0.717, 1.165) is 0 Å². The van der Waals surface area contributed by atoms with Crippen LogP contribution in [0.2, 0.25) is 0 Å². The van der Waals surface area contributed by atoms with Gasteiger partial charge in [-0.25, -0.2) is 0 Å². The second-order valence-corrected chi connectivity index (χ2v) is 4.35. The summed E-state index contributed by atoms with van der Waals surface area (Å²) in [6, 6.07) is 2.80. The Labute approximate surface area is 102 Å². The number of rotatable bonds is 3. The van der Waals surface area contributed by atoms with E-state index >= 15 is 0 Å². The second kappa shape index (κ2) is 5.03. The number of hydrogen-bond donors (Lipinski definition) is 0. The lowest BCUT2D eigenvalue weighted by molar-refractivity contribution is -0.0504. The van der Waals surface area contributed by atoms with Crippen LogP contribution >= 0.6 is 31.9 Å². The largest absolute Gasteiger partial charge is 0.434 e. The summed E-state index contributed by atoms with van der Waals surface area (Å²) in [6.07, 6.45) is 0. The summed E-state index contributed by atoms with van der Waals surface area (Å²) in [6.45, 7) is -1.57. The van der Waals surface area contributed by atoms with Crippen LogP contribution < -0.4 is 4.74 Å². The predicted molar refractivity (Wildman–Crippen MR) is 58.5 cm³/mol. The number of halogens is 4. The fourth-order valence-electron chi connectivity index (χ4n) is 0.949. The fraction of sp³-hybridized carbons (Fsp3) is 0.222. The maximum atomic E-state index is 12.0. The monoisotopic (exact) mass is 342 g/mol. The first-order valence-electron chi connectivity index (χ1n) is 3.86. The molecule has 0 aliphatic heterocycles. The molecule has 0 aliphatic carbocycles. The van der Waals surface area contributed by atoms with Crippen molar-refractivity contribution in [3.8, 4) is 5.75 Å². The Hall–Kier alpha value is -0.490. The maximum absolute atomic E-state index is 12.0. The van der Waals surface area contributed by atoms with E-state index in [1.54, 1.807) is 0 Å². The van der Waals surface area contributed by atoms with Gasteiger partial charge < -0.3 is 4.74 Å². The zero-order valence-corrected chi connectivity index (χ0v) is 10.7. The number of benzene rings is 1. The van der Waals surface area contributed by atoms with Gasteiger partial charge in [0.05, 0.1) is 4.47 Å². The van der Waals surface area contributed by atoms with Gasteiger partial charge in [-0.2, -0.15) is 8.78 Å². The molecule has 2 nitrogen and oxygen atoms in total. The molecule has 1 aromatic rings. The number of Topliss-reactive ketones (excluding diaryl/α,β-unsaturated/α-hetero) is 1. The van der Waals surface area contributed by atoms with E-state index in [9.17, 15) is 13.6 Å². The van der Waals surface area contributed by atoms with Crippen LogP contribution in [0.3, 0.4) is 0 Å². The van der Waals surface area contributed by atoms with Gasteiger partial charge in [-0.15, -0.1) is 0 Å². The number of carbonyl (C=O) groups is 1. The van der Waals surface area contributed by atoms with E-state index < -0.39 is 6.61 Å². The number of alkyl halides is 2. The van der Waals surface area contributed by atoms with Crippen molar-refractivity contribution in [2.45, 2.75) is 13.5 Å². The molecular formula is C9H6Br2F2O2. The van der Waals surface area contributed by atoms with Crippen LogP contribution in [0.25, 0.3) is 0 Å². The van der Waals surface area contributed by atoms with Gasteiger partial charge in [-0.05, 0) is 50.9 Å². The van der Waals surface area contributed by atoms with Gasteiger partial charge >= 0.3 is 6.61 Å². The Balaban J connectivity index is 3.19. The van der Waals surface area contributed by atoms with Crippen LogP contribution in [0.15, 0.2) is 21.1 Å². The molecule has 0 aliphatic rings. The molecule has 1 aromatic carbocycles. The van der Waals surface area contributed by atoms with Crippen molar-refractivity contribution in [2.75, 3.05) is 0 Å². The minimum Gasteiger partial charge on any atom is -0.434 e. The summed E-state index contributed by atoms with van der Waals surface area (Å²) in [4.78, 5) is 11.1. The highest BCUT2D eigenvalue weighted by molar-refractivity contribution is 9.13. The molecule has 0 fully saturated rings.